The van der Waals surface area contributed by atoms with Gasteiger partial charge in [-0.25, -0.2) is 4.68 Å². The highest BCUT2D eigenvalue weighted by molar-refractivity contribution is 5.93. The molecule has 138 valence electrons. The van der Waals surface area contributed by atoms with Crippen LogP contribution in [0.25, 0.3) is 0 Å². The van der Waals surface area contributed by atoms with Gasteiger partial charge in [-0.15, -0.1) is 5.10 Å². The second kappa shape index (κ2) is 13.0. The number of ketones is 1. The molecule has 7 heteroatoms. The predicted octanol–water partition coefficient (Wildman–Crippen LogP) is 2.36. The van der Waals surface area contributed by atoms with Crippen LogP contribution in [0.15, 0.2) is 6.20 Å². The second-order valence-corrected chi connectivity index (χ2v) is 6.02. The summed E-state index contributed by atoms with van der Waals surface area (Å²) in [4.78, 5) is 11.4. The Bertz CT molecular complexity index is 449. The molecule has 1 heterocycles. The van der Waals surface area contributed by atoms with Gasteiger partial charge in [0.1, 0.15) is 5.69 Å². The molecule has 0 aliphatic heterocycles. The lowest BCUT2D eigenvalue weighted by Crippen LogP contribution is -2.12. The maximum Gasteiger partial charge on any atom is 0.184 e. The van der Waals surface area contributed by atoms with E-state index in [1.807, 2.05) is 0 Å². The largest absolute Gasteiger partial charge is 0.379 e. The maximum atomic E-state index is 11.4. The molecule has 0 atom stereocenters. The molecule has 0 radical (unpaired) electrons. The molecule has 0 spiro atoms. The Morgan fingerprint density at radius 2 is 1.71 bits per heavy atom. The predicted molar refractivity (Wildman–Crippen MR) is 91.2 cm³/mol. The van der Waals surface area contributed by atoms with Crippen LogP contribution in [0.4, 0.5) is 0 Å². The van der Waals surface area contributed by atoms with Gasteiger partial charge in [0.2, 0.25) is 0 Å². The van der Waals surface area contributed by atoms with Gasteiger partial charge in [-0.2, -0.15) is 0 Å². The Labute approximate surface area is 144 Å². The van der Waals surface area contributed by atoms with Crippen molar-refractivity contribution in [2.45, 2.75) is 46.6 Å². The molecule has 1 aromatic heterocycles. The van der Waals surface area contributed by atoms with E-state index < -0.39 is 0 Å². The zero-order chi connectivity index (χ0) is 17.6. The summed E-state index contributed by atoms with van der Waals surface area (Å²) in [6.07, 6.45) is 4.40. The summed E-state index contributed by atoms with van der Waals surface area (Å²) >= 11 is 0. The van der Waals surface area contributed by atoms with Crippen LogP contribution in [0.1, 0.15) is 50.5 Å². The summed E-state index contributed by atoms with van der Waals surface area (Å²) in [5.74, 6) is 0.736. The van der Waals surface area contributed by atoms with Crippen LogP contribution < -0.4 is 0 Å². The number of ether oxygens (including phenoxy) is 3. The van der Waals surface area contributed by atoms with Crippen molar-refractivity contribution >= 4 is 5.78 Å². The minimum Gasteiger partial charge on any atom is -0.379 e. The zero-order valence-electron chi connectivity index (χ0n) is 15.2. The lowest BCUT2D eigenvalue weighted by molar-refractivity contribution is 0.0118. The number of hydrogen-bond acceptors (Lipinski definition) is 6. The van der Waals surface area contributed by atoms with Gasteiger partial charge in [-0.05, 0) is 18.8 Å². The lowest BCUT2D eigenvalue weighted by atomic mass is 10.1. The van der Waals surface area contributed by atoms with Crippen molar-refractivity contribution < 1.29 is 19.0 Å². The summed E-state index contributed by atoms with van der Waals surface area (Å²) in [5, 5.41) is 7.73. The molecule has 0 saturated carbocycles. The Kier molecular flexibility index (Phi) is 11.3. The number of hydrogen-bond donors (Lipinski definition) is 0. The van der Waals surface area contributed by atoms with Crippen LogP contribution in [-0.4, -0.2) is 60.4 Å². The van der Waals surface area contributed by atoms with Crippen molar-refractivity contribution in [1.29, 1.82) is 0 Å². The van der Waals surface area contributed by atoms with E-state index in [9.17, 15) is 4.79 Å². The third-order valence-electron chi connectivity index (χ3n) is 3.42. The number of rotatable bonds is 15. The van der Waals surface area contributed by atoms with E-state index in [1.165, 1.54) is 6.42 Å². The molecule has 0 bridgehead atoms. The van der Waals surface area contributed by atoms with Gasteiger partial charge < -0.3 is 14.2 Å². The Hall–Kier alpha value is -1.31. The lowest BCUT2D eigenvalue weighted by Gasteiger charge is -2.07. The number of aromatic nitrogens is 3. The molecular formula is C17H31N3O4. The highest BCUT2D eigenvalue weighted by atomic mass is 16.5. The summed E-state index contributed by atoms with van der Waals surface area (Å²) in [5.41, 5.74) is 0.411. The number of Topliss-reactive ketones (excluding diaryl/α,β-unsaturated/α-hetero) is 1. The fourth-order valence-electron chi connectivity index (χ4n) is 2.01. The minimum atomic E-state index is 0.00185. The third-order valence-corrected chi connectivity index (χ3v) is 3.42. The number of nitrogens with zero attached hydrogens (tertiary/aromatic N) is 3. The zero-order valence-corrected chi connectivity index (χ0v) is 15.2. The van der Waals surface area contributed by atoms with Gasteiger partial charge in [0, 0.05) is 13.0 Å². The first-order valence-corrected chi connectivity index (χ1v) is 8.80. The highest BCUT2D eigenvalue weighted by Gasteiger charge is 2.07. The van der Waals surface area contributed by atoms with Crippen LogP contribution in [0, 0.1) is 5.92 Å². The average Bonchev–Trinajstić information content (AvgIpc) is 3.03. The van der Waals surface area contributed by atoms with Gasteiger partial charge in [0.25, 0.3) is 0 Å². The quantitative estimate of drug-likeness (QED) is 0.360. The molecule has 0 amide bonds. The fraction of sp³-hybridized carbons (Fsp3) is 0.824. The standard InChI is InChI=1S/C17H31N3O4/c1-4-17(21)16-14-20(19-18-16)7-9-23-11-13-24-12-10-22-8-5-6-15(2)3/h14-15H,4-13H2,1-3H3. The first kappa shape index (κ1) is 20.7. The first-order chi connectivity index (χ1) is 11.6. The van der Waals surface area contributed by atoms with Gasteiger partial charge in [-0.3, -0.25) is 4.79 Å². The van der Waals surface area contributed by atoms with E-state index in [1.54, 1.807) is 17.8 Å². The van der Waals surface area contributed by atoms with Crippen molar-refractivity contribution in [3.8, 4) is 0 Å². The summed E-state index contributed by atoms with van der Waals surface area (Å²) in [6, 6.07) is 0. The van der Waals surface area contributed by atoms with E-state index in [4.69, 9.17) is 14.2 Å². The molecular weight excluding hydrogens is 310 g/mol. The van der Waals surface area contributed by atoms with Crippen LogP contribution in [0.2, 0.25) is 0 Å². The van der Waals surface area contributed by atoms with Crippen molar-refractivity contribution in [3.05, 3.63) is 11.9 Å². The molecule has 0 aliphatic rings. The van der Waals surface area contributed by atoms with E-state index in [-0.39, 0.29) is 5.78 Å². The SMILES string of the molecule is CCC(=O)c1cn(CCOCCOCCOCCCC(C)C)nn1. The monoisotopic (exact) mass is 341 g/mol. The topological polar surface area (TPSA) is 75.5 Å². The first-order valence-electron chi connectivity index (χ1n) is 8.80. The van der Waals surface area contributed by atoms with Crippen molar-refractivity contribution in [1.82, 2.24) is 15.0 Å². The van der Waals surface area contributed by atoms with Gasteiger partial charge in [-0.1, -0.05) is 26.0 Å². The maximum absolute atomic E-state index is 11.4. The molecule has 7 nitrogen and oxygen atoms in total. The summed E-state index contributed by atoms with van der Waals surface area (Å²) < 4.78 is 18.0. The molecule has 1 aromatic rings. The number of carbonyl (C=O) groups is 1. The molecule has 0 fully saturated rings. The molecule has 0 aliphatic carbocycles. The summed E-state index contributed by atoms with van der Waals surface area (Å²) in [7, 11) is 0. The van der Waals surface area contributed by atoms with Gasteiger partial charge >= 0.3 is 0 Å². The van der Waals surface area contributed by atoms with Gasteiger partial charge in [0.15, 0.2) is 5.78 Å². The van der Waals surface area contributed by atoms with E-state index in [2.05, 4.69) is 24.2 Å². The van der Waals surface area contributed by atoms with Crippen molar-refractivity contribution in [3.63, 3.8) is 0 Å². The van der Waals surface area contributed by atoms with E-state index >= 15 is 0 Å². The molecule has 0 saturated heterocycles. The molecule has 0 N–H and O–H groups in total. The molecule has 1 rings (SSSR count). The van der Waals surface area contributed by atoms with Crippen LogP contribution in [0.3, 0.4) is 0 Å². The van der Waals surface area contributed by atoms with Gasteiger partial charge in [0.05, 0.1) is 45.8 Å². The Balaban J connectivity index is 1.89. The summed E-state index contributed by atoms with van der Waals surface area (Å²) in [6.45, 7) is 10.4. The molecule has 0 unspecified atom stereocenters. The third kappa shape index (κ3) is 9.75. The smallest absolute Gasteiger partial charge is 0.184 e. The Morgan fingerprint density at radius 3 is 2.33 bits per heavy atom. The van der Waals surface area contributed by atoms with Crippen LogP contribution in [-0.2, 0) is 20.8 Å². The molecule has 0 aromatic carbocycles. The van der Waals surface area contributed by atoms with E-state index in [0.717, 1.165) is 18.9 Å². The van der Waals surface area contributed by atoms with Crippen LogP contribution >= 0.6 is 0 Å². The highest BCUT2D eigenvalue weighted by Crippen LogP contribution is 2.02. The Morgan fingerprint density at radius 1 is 1.08 bits per heavy atom. The molecule has 24 heavy (non-hydrogen) atoms. The average molecular weight is 341 g/mol. The number of carbonyl (C=O) groups excluding carboxylic acids is 1. The van der Waals surface area contributed by atoms with E-state index in [0.29, 0.717) is 51.7 Å². The normalized spacial score (nSPS) is 11.3. The van der Waals surface area contributed by atoms with Crippen LogP contribution in [0.5, 0.6) is 0 Å². The second-order valence-electron chi connectivity index (χ2n) is 6.02. The minimum absolute atomic E-state index is 0.00185. The van der Waals surface area contributed by atoms with Crippen molar-refractivity contribution in [2.24, 2.45) is 5.92 Å². The fourth-order valence-corrected chi connectivity index (χ4v) is 2.01. The van der Waals surface area contributed by atoms with Crippen molar-refractivity contribution in [2.75, 3.05) is 39.6 Å².